The van der Waals surface area contributed by atoms with E-state index in [0.29, 0.717) is 21.3 Å². The summed E-state index contributed by atoms with van der Waals surface area (Å²) in [6.45, 7) is 3.97. The minimum Gasteiger partial charge on any atom is -0.268 e. The number of hydrogen-bond acceptors (Lipinski definition) is 5. The van der Waals surface area contributed by atoms with Gasteiger partial charge < -0.3 is 0 Å². The molecule has 6 nitrogen and oxygen atoms in total. The number of rotatable bonds is 4. The van der Waals surface area contributed by atoms with Gasteiger partial charge in [0.05, 0.1) is 26.8 Å². The van der Waals surface area contributed by atoms with E-state index < -0.39 is 4.92 Å². The second-order valence-corrected chi connectivity index (χ2v) is 8.14. The van der Waals surface area contributed by atoms with Crippen LogP contribution in [0.5, 0.6) is 0 Å². The molecule has 0 spiro atoms. The number of nitro groups is 1. The summed E-state index contributed by atoms with van der Waals surface area (Å²) in [6, 6.07) is 21.7. The third-order valence-corrected chi connectivity index (χ3v) is 5.75. The van der Waals surface area contributed by atoms with E-state index in [1.165, 1.54) is 17.8 Å². The van der Waals surface area contributed by atoms with Crippen molar-refractivity contribution in [1.82, 2.24) is 0 Å². The van der Waals surface area contributed by atoms with Gasteiger partial charge in [0.1, 0.15) is 0 Å². The molecule has 1 saturated heterocycles. The van der Waals surface area contributed by atoms with Gasteiger partial charge in [0, 0.05) is 6.07 Å². The minimum atomic E-state index is -0.449. The first-order chi connectivity index (χ1) is 14.9. The van der Waals surface area contributed by atoms with E-state index in [1.807, 2.05) is 62.4 Å². The van der Waals surface area contributed by atoms with E-state index in [1.54, 1.807) is 29.2 Å². The van der Waals surface area contributed by atoms with Crippen LogP contribution in [0.15, 0.2) is 82.7 Å². The van der Waals surface area contributed by atoms with Crippen molar-refractivity contribution >= 4 is 46.0 Å². The van der Waals surface area contributed by atoms with Crippen LogP contribution in [0.2, 0.25) is 0 Å². The maximum absolute atomic E-state index is 13.3. The van der Waals surface area contributed by atoms with Gasteiger partial charge in [-0.2, -0.15) is 0 Å². The van der Waals surface area contributed by atoms with Crippen molar-refractivity contribution in [2.75, 3.05) is 4.90 Å². The average molecular weight is 430 g/mol. The van der Waals surface area contributed by atoms with Gasteiger partial charge in [-0.3, -0.25) is 19.8 Å². The van der Waals surface area contributed by atoms with E-state index >= 15 is 0 Å². The average Bonchev–Trinajstić information content (AvgIpc) is 3.05. The molecule has 0 unspecified atom stereocenters. The topological polar surface area (TPSA) is 75.8 Å². The Labute approximate surface area is 184 Å². The first-order valence-corrected chi connectivity index (χ1v) is 10.4. The van der Waals surface area contributed by atoms with E-state index in [9.17, 15) is 14.9 Å². The van der Waals surface area contributed by atoms with Crippen molar-refractivity contribution < 1.29 is 9.72 Å². The molecule has 0 atom stereocenters. The summed E-state index contributed by atoms with van der Waals surface area (Å²) < 4.78 is 0. The normalized spacial score (nSPS) is 16.3. The third-order valence-electron chi connectivity index (χ3n) is 4.78. The van der Waals surface area contributed by atoms with Crippen LogP contribution in [0.25, 0.3) is 6.08 Å². The molecular formula is C24H19N3O3S. The lowest BCUT2D eigenvalue weighted by molar-refractivity contribution is -0.385. The Balaban J connectivity index is 1.80. The molecule has 0 aliphatic carbocycles. The molecule has 1 fully saturated rings. The standard InChI is InChI=1S/C24H19N3O3S/c1-16-7-11-19(12-8-16)25-24-26(20-13-9-17(2)10-14-20)23(28)22(31-24)15-18-5-3-4-6-21(18)27(29)30/h3-15H,1-2H3. The van der Waals surface area contributed by atoms with Crippen LogP contribution in [0.4, 0.5) is 17.1 Å². The molecule has 0 bridgehead atoms. The fourth-order valence-electron chi connectivity index (χ4n) is 3.12. The summed E-state index contributed by atoms with van der Waals surface area (Å²) in [6.07, 6.45) is 1.56. The molecule has 3 aromatic carbocycles. The fraction of sp³-hybridized carbons (Fsp3) is 0.0833. The Hall–Kier alpha value is -3.71. The van der Waals surface area contributed by atoms with Gasteiger partial charge >= 0.3 is 0 Å². The maximum atomic E-state index is 13.3. The van der Waals surface area contributed by atoms with Crippen LogP contribution in [0.3, 0.4) is 0 Å². The van der Waals surface area contributed by atoms with Crippen LogP contribution in [-0.2, 0) is 4.79 Å². The molecular weight excluding hydrogens is 410 g/mol. The number of carbonyl (C=O) groups is 1. The van der Waals surface area contributed by atoms with Crippen molar-refractivity contribution in [2.45, 2.75) is 13.8 Å². The monoisotopic (exact) mass is 429 g/mol. The first kappa shape index (κ1) is 20.6. The number of amidine groups is 1. The number of para-hydroxylation sites is 1. The summed E-state index contributed by atoms with van der Waals surface area (Å²) in [4.78, 5) is 30.9. The van der Waals surface area contributed by atoms with E-state index in [-0.39, 0.29) is 11.6 Å². The van der Waals surface area contributed by atoms with Gasteiger partial charge in [-0.25, -0.2) is 4.99 Å². The lowest BCUT2D eigenvalue weighted by Crippen LogP contribution is -2.28. The summed E-state index contributed by atoms with van der Waals surface area (Å²) in [5.41, 5.74) is 3.95. The van der Waals surface area contributed by atoms with Gasteiger partial charge in [0.2, 0.25) is 0 Å². The van der Waals surface area contributed by atoms with Gasteiger partial charge in [-0.05, 0) is 62.0 Å². The van der Waals surface area contributed by atoms with Crippen LogP contribution < -0.4 is 4.90 Å². The van der Waals surface area contributed by atoms with Gasteiger partial charge in [0.15, 0.2) is 5.17 Å². The zero-order valence-electron chi connectivity index (χ0n) is 17.0. The molecule has 31 heavy (non-hydrogen) atoms. The molecule has 3 aromatic rings. The molecule has 4 rings (SSSR count). The largest absolute Gasteiger partial charge is 0.276 e. The highest BCUT2D eigenvalue weighted by molar-refractivity contribution is 8.19. The van der Waals surface area contributed by atoms with Gasteiger partial charge in [0.25, 0.3) is 11.6 Å². The smallest absolute Gasteiger partial charge is 0.268 e. The Morgan fingerprint density at radius 2 is 1.55 bits per heavy atom. The van der Waals surface area contributed by atoms with Crippen molar-refractivity contribution in [3.05, 3.63) is 105 Å². The van der Waals surface area contributed by atoms with Crippen LogP contribution in [0, 0.1) is 24.0 Å². The second-order valence-electron chi connectivity index (χ2n) is 7.13. The minimum absolute atomic E-state index is 0.0470. The molecule has 0 saturated carbocycles. The van der Waals surface area contributed by atoms with Gasteiger partial charge in [-0.1, -0.05) is 47.5 Å². The number of anilines is 1. The number of thioether (sulfide) groups is 1. The van der Waals surface area contributed by atoms with Crippen molar-refractivity contribution in [3.63, 3.8) is 0 Å². The van der Waals surface area contributed by atoms with E-state index in [2.05, 4.69) is 4.99 Å². The third kappa shape index (κ3) is 4.41. The summed E-state index contributed by atoms with van der Waals surface area (Å²) in [5, 5.41) is 11.9. The number of amides is 1. The molecule has 1 aliphatic rings. The predicted octanol–water partition coefficient (Wildman–Crippen LogP) is 6.02. The second kappa shape index (κ2) is 8.57. The number of nitro benzene ring substituents is 1. The van der Waals surface area contributed by atoms with Crippen molar-refractivity contribution in [2.24, 2.45) is 4.99 Å². The molecule has 1 heterocycles. The lowest BCUT2D eigenvalue weighted by Gasteiger charge is -2.16. The number of aryl methyl sites for hydroxylation is 2. The quantitative estimate of drug-likeness (QED) is 0.289. The number of carbonyl (C=O) groups excluding carboxylic acids is 1. The van der Waals surface area contributed by atoms with Crippen LogP contribution in [0.1, 0.15) is 16.7 Å². The summed E-state index contributed by atoms with van der Waals surface area (Å²) >= 11 is 1.21. The fourth-order valence-corrected chi connectivity index (χ4v) is 4.11. The van der Waals surface area contributed by atoms with E-state index in [0.717, 1.165) is 16.8 Å². The number of nitrogens with zero attached hydrogens (tertiary/aromatic N) is 3. The number of hydrogen-bond donors (Lipinski definition) is 0. The molecule has 154 valence electrons. The molecule has 1 aliphatic heterocycles. The van der Waals surface area contributed by atoms with Crippen LogP contribution in [-0.4, -0.2) is 16.0 Å². The Morgan fingerprint density at radius 3 is 2.19 bits per heavy atom. The zero-order valence-corrected chi connectivity index (χ0v) is 17.8. The Kier molecular flexibility index (Phi) is 5.68. The molecule has 1 amide bonds. The highest BCUT2D eigenvalue weighted by atomic mass is 32.2. The van der Waals surface area contributed by atoms with E-state index in [4.69, 9.17) is 0 Å². The molecule has 0 aromatic heterocycles. The highest BCUT2D eigenvalue weighted by Crippen LogP contribution is 2.38. The summed E-state index contributed by atoms with van der Waals surface area (Å²) in [7, 11) is 0. The Bertz CT molecular complexity index is 1220. The summed E-state index contributed by atoms with van der Waals surface area (Å²) in [5.74, 6) is -0.266. The first-order valence-electron chi connectivity index (χ1n) is 9.62. The Morgan fingerprint density at radius 1 is 0.935 bits per heavy atom. The maximum Gasteiger partial charge on any atom is 0.276 e. The molecule has 7 heteroatoms. The zero-order chi connectivity index (χ0) is 22.0. The van der Waals surface area contributed by atoms with Crippen molar-refractivity contribution in [1.29, 1.82) is 0 Å². The molecule has 0 radical (unpaired) electrons. The SMILES string of the molecule is Cc1ccc(N=C2SC(=Cc3ccccc3[N+](=O)[O-])C(=O)N2c2ccc(C)cc2)cc1. The lowest BCUT2D eigenvalue weighted by atomic mass is 10.1. The van der Waals surface area contributed by atoms with Crippen LogP contribution >= 0.6 is 11.8 Å². The van der Waals surface area contributed by atoms with Crippen molar-refractivity contribution in [3.8, 4) is 0 Å². The predicted molar refractivity (Wildman–Crippen MR) is 126 cm³/mol. The molecule has 0 N–H and O–H groups in total. The highest BCUT2D eigenvalue weighted by Gasteiger charge is 2.35. The number of aliphatic imine (C=N–C) groups is 1. The van der Waals surface area contributed by atoms with Gasteiger partial charge in [-0.15, -0.1) is 0 Å². The number of benzene rings is 3.